The highest BCUT2D eigenvalue weighted by molar-refractivity contribution is 7.80. The maximum absolute atomic E-state index is 12.8. The average Bonchev–Trinajstić information content (AvgIpc) is 3.16. The molecular weight excluding hydrogens is 472 g/mol. The Kier molecular flexibility index (Phi) is 8.76. The molecule has 2 heterocycles. The van der Waals surface area contributed by atoms with Crippen molar-refractivity contribution in [1.82, 2.24) is 25.4 Å². The molecule has 12 heteroatoms. The van der Waals surface area contributed by atoms with Crippen molar-refractivity contribution >= 4 is 52.0 Å². The Hall–Kier alpha value is -3.71. The minimum atomic E-state index is -0.680. The fourth-order valence-electron chi connectivity index (χ4n) is 3.29. The van der Waals surface area contributed by atoms with Gasteiger partial charge in [0.1, 0.15) is 21.8 Å². The first kappa shape index (κ1) is 24.9. The normalized spacial score (nSPS) is 14.9. The van der Waals surface area contributed by atoms with Crippen LogP contribution in [0, 0.1) is 22.7 Å². The molecule has 0 bridgehead atoms. The summed E-state index contributed by atoms with van der Waals surface area (Å²) in [6.07, 6.45) is 2.43. The van der Waals surface area contributed by atoms with Crippen molar-refractivity contribution in [3.63, 3.8) is 0 Å². The van der Waals surface area contributed by atoms with Crippen LogP contribution in [0.1, 0.15) is 12.5 Å². The minimum Gasteiger partial charge on any atom is -0.360 e. The van der Waals surface area contributed by atoms with Crippen LogP contribution in [0.5, 0.6) is 0 Å². The van der Waals surface area contributed by atoms with E-state index in [1.165, 1.54) is 4.57 Å². The number of nitriles is 2. The molecule has 2 aromatic rings. The lowest BCUT2D eigenvalue weighted by Crippen LogP contribution is -2.54. The van der Waals surface area contributed by atoms with Gasteiger partial charge in [-0.25, -0.2) is 0 Å². The number of anilines is 1. The lowest BCUT2D eigenvalue weighted by molar-refractivity contribution is -0.115. The van der Waals surface area contributed by atoms with Gasteiger partial charge in [-0.2, -0.15) is 10.5 Å². The molecule has 1 fully saturated rings. The number of hydrogen-bond acceptors (Lipinski definition) is 8. The van der Waals surface area contributed by atoms with E-state index >= 15 is 0 Å². The van der Waals surface area contributed by atoms with Gasteiger partial charge in [0.05, 0.1) is 19.4 Å². The number of thiocarbonyl (C=S) groups is 1. The Bertz CT molecular complexity index is 1320. The van der Waals surface area contributed by atoms with Gasteiger partial charge in [-0.05, 0) is 43.3 Å². The Morgan fingerprint density at radius 2 is 2.09 bits per heavy atom. The Morgan fingerprint density at radius 1 is 1.32 bits per heavy atom. The summed E-state index contributed by atoms with van der Waals surface area (Å²) in [5.74, 6) is -0.680. The van der Waals surface area contributed by atoms with Crippen molar-refractivity contribution in [2.24, 2.45) is 0 Å². The van der Waals surface area contributed by atoms with Gasteiger partial charge in [0.15, 0.2) is 10.7 Å². The van der Waals surface area contributed by atoms with E-state index in [1.54, 1.807) is 19.2 Å². The van der Waals surface area contributed by atoms with Crippen LogP contribution in [0.2, 0.25) is 0 Å². The minimum absolute atomic E-state index is 0.191. The van der Waals surface area contributed by atoms with Gasteiger partial charge in [-0.3, -0.25) is 19.1 Å². The first-order valence-electron chi connectivity index (χ1n) is 10.6. The zero-order valence-corrected chi connectivity index (χ0v) is 20.2. The summed E-state index contributed by atoms with van der Waals surface area (Å²) < 4.78 is 2.01. The van der Waals surface area contributed by atoms with Crippen LogP contribution in [0.3, 0.4) is 0 Å². The standard InChI is InChI=1S/C22H24N8O2S2/c1-2-30-20(32)18(34-21(30)17(11-24)19(31)25-8-7-23)12-26-16-5-3-4-15(10-16)6-9-29-13-27-22(33)28-14-29/h3-5,10,12,26H,2,6,8-9,13-14H2,1H3,(H,25,31)(H2,27,28,33)/b18-12+,21-17-. The van der Waals surface area contributed by atoms with Crippen LogP contribution in [-0.4, -0.2) is 46.9 Å². The zero-order valence-electron chi connectivity index (χ0n) is 18.6. The second-order valence-electron chi connectivity index (χ2n) is 7.28. The smallest absolute Gasteiger partial charge is 0.270 e. The number of rotatable bonds is 8. The maximum atomic E-state index is 12.8. The fraction of sp³-hybridized carbons (Fsp3) is 0.318. The third-order valence-electron chi connectivity index (χ3n) is 5.04. The molecule has 1 aliphatic rings. The first-order valence-corrected chi connectivity index (χ1v) is 11.8. The van der Waals surface area contributed by atoms with E-state index < -0.39 is 5.91 Å². The van der Waals surface area contributed by atoms with Gasteiger partial charge in [0.2, 0.25) is 0 Å². The van der Waals surface area contributed by atoms with E-state index in [1.807, 2.05) is 30.3 Å². The number of benzene rings is 1. The second-order valence-corrected chi connectivity index (χ2v) is 8.72. The van der Waals surface area contributed by atoms with Crippen LogP contribution in [-0.2, 0) is 17.8 Å². The average molecular weight is 497 g/mol. The summed E-state index contributed by atoms with van der Waals surface area (Å²) in [7, 11) is 0. The highest BCUT2D eigenvalue weighted by Gasteiger charge is 2.15. The van der Waals surface area contributed by atoms with Crippen LogP contribution >= 0.6 is 23.6 Å². The van der Waals surface area contributed by atoms with Crippen LogP contribution < -0.4 is 36.0 Å². The molecule has 1 amide bonds. The number of hydrogen-bond donors (Lipinski definition) is 4. The molecule has 0 aliphatic carbocycles. The van der Waals surface area contributed by atoms with Crippen molar-refractivity contribution in [1.29, 1.82) is 10.5 Å². The molecule has 4 N–H and O–H groups in total. The summed E-state index contributed by atoms with van der Waals surface area (Å²) in [4.78, 5) is 27.3. The number of aromatic nitrogens is 1. The van der Waals surface area contributed by atoms with Crippen LogP contribution in [0.25, 0.3) is 11.8 Å². The van der Waals surface area contributed by atoms with E-state index in [0.29, 0.717) is 29.5 Å². The molecule has 34 heavy (non-hydrogen) atoms. The van der Waals surface area contributed by atoms with Crippen molar-refractivity contribution < 1.29 is 4.79 Å². The van der Waals surface area contributed by atoms with Gasteiger partial charge in [0.25, 0.3) is 11.5 Å². The molecule has 1 aliphatic heterocycles. The van der Waals surface area contributed by atoms with Crippen molar-refractivity contribution in [3.8, 4) is 12.1 Å². The van der Waals surface area contributed by atoms with Crippen molar-refractivity contribution in [2.45, 2.75) is 19.9 Å². The van der Waals surface area contributed by atoms with Crippen molar-refractivity contribution in [3.05, 3.63) is 49.4 Å². The summed E-state index contributed by atoms with van der Waals surface area (Å²) >= 11 is 6.12. The molecule has 3 rings (SSSR count). The highest BCUT2D eigenvalue weighted by atomic mass is 32.1. The van der Waals surface area contributed by atoms with Gasteiger partial charge in [-0.15, -0.1) is 11.3 Å². The Balaban J connectivity index is 1.80. The first-order chi connectivity index (χ1) is 16.5. The monoisotopic (exact) mass is 496 g/mol. The molecular formula is C22H24N8O2S2. The maximum Gasteiger partial charge on any atom is 0.270 e. The van der Waals surface area contributed by atoms with E-state index in [0.717, 1.165) is 35.6 Å². The SMILES string of the molecule is CCn1c(=O)/c(=C\Nc2cccc(CCN3CNC(=S)NC3)c2)s/c1=C(/C#N)C(=O)NCC#N. The van der Waals surface area contributed by atoms with Gasteiger partial charge in [-0.1, -0.05) is 12.1 Å². The van der Waals surface area contributed by atoms with Crippen LogP contribution in [0.15, 0.2) is 29.1 Å². The van der Waals surface area contributed by atoms with Gasteiger partial charge >= 0.3 is 0 Å². The quantitative estimate of drug-likeness (QED) is 0.277. The summed E-state index contributed by atoms with van der Waals surface area (Å²) in [6, 6.07) is 11.6. The highest BCUT2D eigenvalue weighted by Crippen LogP contribution is 2.12. The summed E-state index contributed by atoms with van der Waals surface area (Å²) in [5.41, 5.74) is 1.47. The summed E-state index contributed by atoms with van der Waals surface area (Å²) in [5, 5.41) is 30.5. The number of nitrogens with one attached hydrogen (secondary N) is 4. The third-order valence-corrected chi connectivity index (χ3v) is 6.46. The number of nitrogens with zero attached hydrogens (tertiary/aromatic N) is 4. The predicted octanol–water partition coefficient (Wildman–Crippen LogP) is -0.669. The molecule has 0 radical (unpaired) electrons. The number of carbonyl (C=O) groups is 1. The molecule has 1 aromatic carbocycles. The molecule has 0 atom stereocenters. The van der Waals surface area contributed by atoms with E-state index in [9.17, 15) is 14.9 Å². The predicted molar refractivity (Wildman–Crippen MR) is 135 cm³/mol. The number of amides is 1. The zero-order chi connectivity index (χ0) is 24.5. The Morgan fingerprint density at radius 3 is 2.76 bits per heavy atom. The molecule has 0 saturated carbocycles. The topological polar surface area (TPSA) is 138 Å². The molecule has 1 saturated heterocycles. The molecule has 1 aromatic heterocycles. The fourth-order valence-corrected chi connectivity index (χ4v) is 4.51. The number of carbonyl (C=O) groups excluding carboxylic acids is 1. The van der Waals surface area contributed by atoms with Crippen molar-refractivity contribution in [2.75, 3.05) is 31.7 Å². The number of thiazole rings is 1. The largest absolute Gasteiger partial charge is 0.360 e. The van der Waals surface area contributed by atoms with E-state index in [2.05, 4.69) is 26.2 Å². The lowest BCUT2D eigenvalue weighted by atomic mass is 10.1. The molecule has 0 unspecified atom stereocenters. The third kappa shape index (κ3) is 6.20. The van der Waals surface area contributed by atoms with Gasteiger partial charge < -0.3 is 21.3 Å². The Labute approximate surface area is 205 Å². The van der Waals surface area contributed by atoms with E-state index in [4.69, 9.17) is 17.5 Å². The van der Waals surface area contributed by atoms with Crippen LogP contribution in [0.4, 0.5) is 5.69 Å². The van der Waals surface area contributed by atoms with E-state index in [-0.39, 0.29) is 22.3 Å². The van der Waals surface area contributed by atoms with Gasteiger partial charge in [0, 0.05) is 25.0 Å². The lowest BCUT2D eigenvalue weighted by Gasteiger charge is -2.29. The summed E-state index contributed by atoms with van der Waals surface area (Å²) in [6.45, 7) is 4.11. The molecule has 176 valence electrons. The second kappa shape index (κ2) is 12.0. The molecule has 0 spiro atoms. The molecule has 10 nitrogen and oxygen atoms in total.